The van der Waals surface area contributed by atoms with Gasteiger partial charge in [0.2, 0.25) is 0 Å². The van der Waals surface area contributed by atoms with Gasteiger partial charge in [-0.25, -0.2) is 0 Å². The molecule has 1 aliphatic carbocycles. The fourth-order valence-electron chi connectivity index (χ4n) is 3.38. The molecule has 2 nitrogen and oxygen atoms in total. The van der Waals surface area contributed by atoms with E-state index in [0.29, 0.717) is 5.92 Å². The van der Waals surface area contributed by atoms with Crippen molar-refractivity contribution in [2.24, 2.45) is 5.92 Å². The van der Waals surface area contributed by atoms with Crippen LogP contribution in [0.2, 0.25) is 0 Å². The molecule has 3 rings (SSSR count). The molecule has 1 heterocycles. The minimum Gasteiger partial charge on any atom is -0.493 e. The predicted octanol–water partition coefficient (Wildman–Crippen LogP) is 3.87. The largest absolute Gasteiger partial charge is 0.493 e. The first-order chi connectivity index (χ1) is 9.24. The molecule has 1 aromatic carbocycles. The number of hydrogen-bond donors (Lipinski definition) is 1. The molecule has 0 bridgehead atoms. The van der Waals surface area contributed by atoms with Crippen molar-refractivity contribution >= 4 is 15.9 Å². The zero-order valence-electron chi connectivity index (χ0n) is 11.2. The van der Waals surface area contributed by atoms with Gasteiger partial charge < -0.3 is 9.84 Å². The van der Waals surface area contributed by atoms with Gasteiger partial charge in [0.15, 0.2) is 0 Å². The van der Waals surface area contributed by atoms with E-state index in [9.17, 15) is 5.11 Å². The molecule has 3 heteroatoms. The van der Waals surface area contributed by atoms with Crippen molar-refractivity contribution in [1.29, 1.82) is 0 Å². The number of fused-ring (bicyclic) bond motifs is 1. The molecule has 1 saturated carbocycles. The average molecular weight is 325 g/mol. The maximum atomic E-state index is 10.3. The average Bonchev–Trinajstić information content (AvgIpc) is 2.75. The molecule has 2 aliphatic rings. The van der Waals surface area contributed by atoms with E-state index in [2.05, 4.69) is 28.1 Å². The first-order valence-electron chi connectivity index (χ1n) is 7.36. The van der Waals surface area contributed by atoms with E-state index in [-0.39, 0.29) is 6.10 Å². The lowest BCUT2D eigenvalue weighted by molar-refractivity contribution is 0.100. The molecule has 1 N–H and O–H groups in total. The summed E-state index contributed by atoms with van der Waals surface area (Å²) in [4.78, 5) is 0. The van der Waals surface area contributed by atoms with Crippen molar-refractivity contribution in [2.75, 3.05) is 6.61 Å². The van der Waals surface area contributed by atoms with E-state index in [1.165, 1.54) is 30.4 Å². The second-order valence-electron chi connectivity index (χ2n) is 5.82. The molecule has 0 radical (unpaired) electrons. The van der Waals surface area contributed by atoms with Gasteiger partial charge in [-0.05, 0) is 48.4 Å². The molecule has 2 atom stereocenters. The fraction of sp³-hybridized carbons (Fsp3) is 0.625. The molecule has 2 unspecified atom stereocenters. The molecule has 0 aromatic heterocycles. The van der Waals surface area contributed by atoms with Gasteiger partial charge in [0.05, 0.1) is 12.7 Å². The normalized spacial score (nSPS) is 26.6. The fourth-order valence-corrected chi connectivity index (χ4v) is 3.94. The van der Waals surface area contributed by atoms with Crippen molar-refractivity contribution < 1.29 is 9.84 Å². The molecule has 0 spiro atoms. The van der Waals surface area contributed by atoms with Gasteiger partial charge in [-0.15, -0.1) is 0 Å². The summed E-state index contributed by atoms with van der Waals surface area (Å²) in [6, 6.07) is 4.33. The monoisotopic (exact) mass is 324 g/mol. The molecule has 19 heavy (non-hydrogen) atoms. The Morgan fingerprint density at radius 3 is 2.95 bits per heavy atom. The van der Waals surface area contributed by atoms with Gasteiger partial charge >= 0.3 is 0 Å². The highest BCUT2D eigenvalue weighted by molar-refractivity contribution is 9.10. The summed E-state index contributed by atoms with van der Waals surface area (Å²) in [7, 11) is 0. The van der Waals surface area contributed by atoms with E-state index in [1.807, 2.05) is 0 Å². The molecular weight excluding hydrogens is 304 g/mol. The van der Waals surface area contributed by atoms with Crippen LogP contribution in [-0.2, 0) is 12.8 Å². The maximum absolute atomic E-state index is 10.3. The standard InChI is InChI=1S/C16H21BrO2/c17-14-9-12-6-7-19-16(12)13(10-14)8-11-4-2-1-3-5-15(11)18/h9-11,15,18H,1-8H2. The van der Waals surface area contributed by atoms with Gasteiger partial charge in [-0.1, -0.05) is 35.2 Å². The predicted molar refractivity (Wildman–Crippen MR) is 79.6 cm³/mol. The minimum atomic E-state index is -0.140. The Kier molecular flexibility index (Phi) is 4.13. The number of aliphatic hydroxyl groups excluding tert-OH is 1. The van der Waals surface area contributed by atoms with Crippen LogP contribution >= 0.6 is 15.9 Å². The zero-order chi connectivity index (χ0) is 13.2. The first kappa shape index (κ1) is 13.4. The van der Waals surface area contributed by atoms with Gasteiger partial charge in [0.1, 0.15) is 5.75 Å². The Morgan fingerprint density at radius 1 is 1.21 bits per heavy atom. The number of benzene rings is 1. The molecule has 1 fully saturated rings. The molecule has 0 amide bonds. The number of aliphatic hydroxyl groups is 1. The maximum Gasteiger partial charge on any atom is 0.125 e. The van der Waals surface area contributed by atoms with Crippen LogP contribution < -0.4 is 4.74 Å². The van der Waals surface area contributed by atoms with Gasteiger partial charge in [-0.3, -0.25) is 0 Å². The van der Waals surface area contributed by atoms with Gasteiger partial charge in [-0.2, -0.15) is 0 Å². The zero-order valence-corrected chi connectivity index (χ0v) is 12.8. The summed E-state index contributed by atoms with van der Waals surface area (Å²) in [5.74, 6) is 1.48. The molecule has 1 aromatic rings. The summed E-state index contributed by atoms with van der Waals surface area (Å²) in [5.41, 5.74) is 2.58. The third kappa shape index (κ3) is 2.97. The number of ether oxygens (including phenoxy) is 1. The van der Waals surface area contributed by atoms with Crippen molar-refractivity contribution in [1.82, 2.24) is 0 Å². The first-order valence-corrected chi connectivity index (χ1v) is 8.15. The highest BCUT2D eigenvalue weighted by Crippen LogP contribution is 2.36. The van der Waals surface area contributed by atoms with Crippen LogP contribution in [0.4, 0.5) is 0 Å². The molecule has 104 valence electrons. The number of rotatable bonds is 2. The van der Waals surface area contributed by atoms with Crippen molar-refractivity contribution in [3.05, 3.63) is 27.7 Å². The Bertz CT molecular complexity index is 458. The van der Waals surface area contributed by atoms with Crippen LogP contribution in [0.1, 0.15) is 43.2 Å². The van der Waals surface area contributed by atoms with Gasteiger partial charge in [0.25, 0.3) is 0 Å². The van der Waals surface area contributed by atoms with E-state index in [4.69, 9.17) is 4.74 Å². The molecular formula is C16H21BrO2. The lowest BCUT2D eigenvalue weighted by atomic mass is 9.89. The van der Waals surface area contributed by atoms with E-state index in [1.54, 1.807) is 0 Å². The Labute approximate surface area is 123 Å². The van der Waals surface area contributed by atoms with Crippen LogP contribution in [0.3, 0.4) is 0 Å². The highest BCUT2D eigenvalue weighted by atomic mass is 79.9. The SMILES string of the molecule is OC1CCCCCC1Cc1cc(Br)cc2c1OCC2. The van der Waals surface area contributed by atoms with Gasteiger partial charge in [0, 0.05) is 10.9 Å². The summed E-state index contributed by atoms with van der Waals surface area (Å²) >= 11 is 3.59. The second-order valence-corrected chi connectivity index (χ2v) is 6.74. The minimum absolute atomic E-state index is 0.140. The lowest BCUT2D eigenvalue weighted by Gasteiger charge is -2.21. The third-order valence-electron chi connectivity index (χ3n) is 4.43. The molecule has 1 aliphatic heterocycles. The van der Waals surface area contributed by atoms with Crippen molar-refractivity contribution in [2.45, 2.75) is 51.0 Å². The summed E-state index contributed by atoms with van der Waals surface area (Å²) in [6.07, 6.45) is 7.60. The Morgan fingerprint density at radius 2 is 2.05 bits per heavy atom. The van der Waals surface area contributed by atoms with Crippen LogP contribution in [-0.4, -0.2) is 17.8 Å². The Balaban J connectivity index is 1.82. The number of halogens is 1. The van der Waals surface area contributed by atoms with Crippen LogP contribution in [0.15, 0.2) is 16.6 Å². The van der Waals surface area contributed by atoms with Crippen molar-refractivity contribution in [3.8, 4) is 5.75 Å². The summed E-state index contributed by atoms with van der Waals surface area (Å²) < 4.78 is 6.92. The van der Waals surface area contributed by atoms with E-state index >= 15 is 0 Å². The smallest absolute Gasteiger partial charge is 0.125 e. The molecule has 0 saturated heterocycles. The Hall–Kier alpha value is -0.540. The van der Waals surface area contributed by atoms with E-state index < -0.39 is 0 Å². The second kappa shape index (κ2) is 5.84. The van der Waals surface area contributed by atoms with Crippen LogP contribution in [0, 0.1) is 5.92 Å². The van der Waals surface area contributed by atoms with Crippen LogP contribution in [0.25, 0.3) is 0 Å². The third-order valence-corrected chi connectivity index (χ3v) is 4.88. The lowest BCUT2D eigenvalue weighted by Crippen LogP contribution is -2.21. The van der Waals surface area contributed by atoms with Crippen molar-refractivity contribution in [3.63, 3.8) is 0 Å². The van der Waals surface area contributed by atoms with E-state index in [0.717, 1.165) is 42.5 Å². The van der Waals surface area contributed by atoms with Crippen LogP contribution in [0.5, 0.6) is 5.75 Å². The summed E-state index contributed by atoms with van der Waals surface area (Å²) in [6.45, 7) is 0.798. The topological polar surface area (TPSA) is 29.5 Å². The summed E-state index contributed by atoms with van der Waals surface area (Å²) in [5, 5.41) is 10.3. The quantitative estimate of drug-likeness (QED) is 0.837. The number of hydrogen-bond acceptors (Lipinski definition) is 2. The highest BCUT2D eigenvalue weighted by Gasteiger charge is 2.25.